The van der Waals surface area contributed by atoms with Gasteiger partial charge in [0, 0.05) is 6.04 Å². The van der Waals surface area contributed by atoms with Crippen molar-refractivity contribution >= 4 is 37.2 Å². The Kier molecular flexibility index (Phi) is 16.6. The molecule has 4 rings (SSSR count). The molecule has 0 aromatic carbocycles. The summed E-state index contributed by atoms with van der Waals surface area (Å²) in [4.78, 5) is 0. The second kappa shape index (κ2) is 17.2. The lowest BCUT2D eigenvalue weighted by Gasteiger charge is -2.25. The SMILES string of the molecule is Cl.Cl.Cl.NCCCNCCCNC(CCCC1CC2CCC1C2)CCCC1CC2CCC1C2. The molecule has 4 aliphatic rings. The fourth-order valence-corrected chi connectivity index (χ4v) is 7.93. The average Bonchev–Trinajstić information content (AvgIpc) is 3.54. The van der Waals surface area contributed by atoms with Crippen LogP contribution in [-0.4, -0.2) is 32.2 Å². The van der Waals surface area contributed by atoms with E-state index in [0.29, 0.717) is 0 Å². The molecule has 3 nitrogen and oxygen atoms in total. The van der Waals surface area contributed by atoms with Crippen LogP contribution in [0.3, 0.4) is 0 Å². The van der Waals surface area contributed by atoms with Crippen molar-refractivity contribution in [3.63, 3.8) is 0 Å². The molecule has 33 heavy (non-hydrogen) atoms. The number of hydrogen-bond donors (Lipinski definition) is 3. The quantitative estimate of drug-likeness (QED) is 0.195. The maximum absolute atomic E-state index is 5.58. The van der Waals surface area contributed by atoms with Crippen LogP contribution in [0.4, 0.5) is 0 Å². The second-order valence-electron chi connectivity index (χ2n) is 11.6. The highest BCUT2D eigenvalue weighted by molar-refractivity contribution is 5.86. The molecule has 0 amide bonds. The number of nitrogens with one attached hydrogen (secondary N) is 2. The molecule has 198 valence electrons. The summed E-state index contributed by atoms with van der Waals surface area (Å²) in [6, 6.07) is 0.770. The number of fused-ring (bicyclic) bond motifs is 4. The van der Waals surface area contributed by atoms with Gasteiger partial charge in [-0.05, 0) is 126 Å². The summed E-state index contributed by atoms with van der Waals surface area (Å²) in [7, 11) is 0. The van der Waals surface area contributed by atoms with Gasteiger partial charge in [0.05, 0.1) is 0 Å². The molecule has 4 bridgehead atoms. The lowest BCUT2D eigenvalue weighted by atomic mass is 9.83. The van der Waals surface area contributed by atoms with Gasteiger partial charge in [-0.25, -0.2) is 0 Å². The van der Waals surface area contributed by atoms with Crippen molar-refractivity contribution in [2.45, 2.75) is 109 Å². The van der Waals surface area contributed by atoms with Crippen LogP contribution in [0.5, 0.6) is 0 Å². The molecule has 4 N–H and O–H groups in total. The largest absolute Gasteiger partial charge is 0.330 e. The first-order valence-electron chi connectivity index (χ1n) is 14.0. The van der Waals surface area contributed by atoms with Crippen molar-refractivity contribution in [2.75, 3.05) is 26.2 Å². The molecular weight excluding hydrogens is 473 g/mol. The van der Waals surface area contributed by atoms with E-state index in [1.807, 2.05) is 0 Å². The molecular formula is C27H54Cl3N3. The Bertz CT molecular complexity index is 461. The van der Waals surface area contributed by atoms with Gasteiger partial charge in [0.2, 0.25) is 0 Å². The van der Waals surface area contributed by atoms with Gasteiger partial charge in [-0.2, -0.15) is 0 Å². The fraction of sp³-hybridized carbons (Fsp3) is 1.00. The summed E-state index contributed by atoms with van der Waals surface area (Å²) in [5.74, 6) is 6.62. The minimum atomic E-state index is 0. The van der Waals surface area contributed by atoms with Gasteiger partial charge in [-0.3, -0.25) is 0 Å². The maximum atomic E-state index is 5.58. The van der Waals surface area contributed by atoms with Crippen LogP contribution < -0.4 is 16.4 Å². The van der Waals surface area contributed by atoms with Gasteiger partial charge in [0.1, 0.15) is 0 Å². The zero-order chi connectivity index (χ0) is 20.6. The standard InChI is InChI=1S/C27H51N3.3ClH/c28-13-3-14-29-15-4-16-30-27(7-1-5-23-17-21-9-11-25(23)19-21)8-2-6-24-18-22-10-12-26(24)20-22;;;/h21-27,29-30H,1-20,28H2;3*1H. The van der Waals surface area contributed by atoms with Gasteiger partial charge in [0.15, 0.2) is 0 Å². The van der Waals surface area contributed by atoms with E-state index in [4.69, 9.17) is 5.73 Å². The lowest BCUT2D eigenvalue weighted by molar-refractivity contribution is 0.284. The molecule has 0 heterocycles. The molecule has 4 fully saturated rings. The molecule has 6 unspecified atom stereocenters. The van der Waals surface area contributed by atoms with Gasteiger partial charge in [0.25, 0.3) is 0 Å². The van der Waals surface area contributed by atoms with Crippen molar-refractivity contribution in [3.8, 4) is 0 Å². The summed E-state index contributed by atoms with van der Waals surface area (Å²) < 4.78 is 0. The van der Waals surface area contributed by atoms with Crippen LogP contribution in [0.15, 0.2) is 0 Å². The summed E-state index contributed by atoms with van der Waals surface area (Å²) in [5.41, 5.74) is 5.58. The Morgan fingerprint density at radius 1 is 0.636 bits per heavy atom. The monoisotopic (exact) mass is 525 g/mol. The van der Waals surface area contributed by atoms with E-state index in [9.17, 15) is 0 Å². The van der Waals surface area contributed by atoms with E-state index in [0.717, 1.165) is 67.6 Å². The Balaban J connectivity index is 0.00000181. The van der Waals surface area contributed by atoms with Crippen molar-refractivity contribution in [1.29, 1.82) is 0 Å². The van der Waals surface area contributed by atoms with Crippen molar-refractivity contribution < 1.29 is 0 Å². The van der Waals surface area contributed by atoms with E-state index >= 15 is 0 Å². The third-order valence-electron chi connectivity index (χ3n) is 9.55. The number of rotatable bonds is 16. The van der Waals surface area contributed by atoms with Crippen molar-refractivity contribution in [3.05, 3.63) is 0 Å². The molecule has 0 spiro atoms. The predicted octanol–water partition coefficient (Wildman–Crippen LogP) is 6.75. The molecule has 0 saturated heterocycles. The van der Waals surface area contributed by atoms with Gasteiger partial charge in [-0.15, -0.1) is 37.2 Å². The fourth-order valence-electron chi connectivity index (χ4n) is 7.93. The molecule has 6 heteroatoms. The summed E-state index contributed by atoms with van der Waals surface area (Å²) in [6.45, 7) is 4.20. The second-order valence-corrected chi connectivity index (χ2v) is 11.6. The first-order valence-corrected chi connectivity index (χ1v) is 14.0. The Morgan fingerprint density at radius 2 is 1.18 bits per heavy atom. The molecule has 6 atom stereocenters. The zero-order valence-electron chi connectivity index (χ0n) is 21.0. The molecule has 4 aliphatic carbocycles. The van der Waals surface area contributed by atoms with Gasteiger partial charge in [-0.1, -0.05) is 38.5 Å². The highest BCUT2D eigenvalue weighted by Gasteiger charge is 2.39. The molecule has 4 saturated carbocycles. The van der Waals surface area contributed by atoms with Crippen LogP contribution in [-0.2, 0) is 0 Å². The number of halogens is 3. The molecule has 0 aromatic rings. The van der Waals surface area contributed by atoms with E-state index in [1.165, 1.54) is 51.5 Å². The van der Waals surface area contributed by atoms with Crippen LogP contribution in [0.25, 0.3) is 0 Å². The molecule has 0 aliphatic heterocycles. The summed E-state index contributed by atoms with van der Waals surface area (Å²) >= 11 is 0. The minimum Gasteiger partial charge on any atom is -0.330 e. The summed E-state index contributed by atoms with van der Waals surface area (Å²) in [6.07, 6.45) is 23.7. The highest BCUT2D eigenvalue weighted by Crippen LogP contribution is 2.51. The van der Waals surface area contributed by atoms with Crippen LogP contribution in [0, 0.1) is 35.5 Å². The minimum absolute atomic E-state index is 0. The Labute approximate surface area is 223 Å². The van der Waals surface area contributed by atoms with Gasteiger partial charge < -0.3 is 16.4 Å². The maximum Gasteiger partial charge on any atom is 0.00670 e. The predicted molar refractivity (Wildman–Crippen MR) is 150 cm³/mol. The lowest BCUT2D eigenvalue weighted by Crippen LogP contribution is -2.32. The first kappa shape index (κ1) is 31.8. The van der Waals surface area contributed by atoms with Crippen molar-refractivity contribution in [1.82, 2.24) is 10.6 Å². The average molecular weight is 527 g/mol. The number of nitrogens with two attached hydrogens (primary N) is 1. The van der Waals surface area contributed by atoms with E-state index in [2.05, 4.69) is 10.6 Å². The Hall–Kier alpha value is 0.750. The Morgan fingerprint density at radius 3 is 1.64 bits per heavy atom. The van der Waals surface area contributed by atoms with Crippen molar-refractivity contribution in [2.24, 2.45) is 41.2 Å². The molecule has 0 aromatic heterocycles. The third kappa shape index (κ3) is 9.96. The number of hydrogen-bond acceptors (Lipinski definition) is 3. The van der Waals surface area contributed by atoms with Gasteiger partial charge >= 0.3 is 0 Å². The topological polar surface area (TPSA) is 50.1 Å². The molecule has 0 radical (unpaired) electrons. The summed E-state index contributed by atoms with van der Waals surface area (Å²) in [5, 5.41) is 7.50. The van der Waals surface area contributed by atoms with Crippen LogP contribution in [0.1, 0.15) is 103 Å². The van der Waals surface area contributed by atoms with Crippen LogP contribution >= 0.6 is 37.2 Å². The zero-order valence-corrected chi connectivity index (χ0v) is 23.4. The smallest absolute Gasteiger partial charge is 0.00670 e. The third-order valence-corrected chi connectivity index (χ3v) is 9.55. The first-order chi connectivity index (χ1) is 14.8. The van der Waals surface area contributed by atoms with E-state index in [-0.39, 0.29) is 37.2 Å². The van der Waals surface area contributed by atoms with E-state index < -0.39 is 0 Å². The van der Waals surface area contributed by atoms with Crippen LogP contribution in [0.2, 0.25) is 0 Å². The normalized spacial score (nSPS) is 32.3. The van der Waals surface area contributed by atoms with E-state index in [1.54, 1.807) is 51.4 Å². The highest BCUT2D eigenvalue weighted by atomic mass is 35.5.